The summed E-state index contributed by atoms with van der Waals surface area (Å²) in [5.74, 6) is -0.733. The minimum Gasteiger partial charge on any atom is -0.481 e. The topological polar surface area (TPSA) is 87.5 Å². The van der Waals surface area contributed by atoms with Gasteiger partial charge in [0, 0.05) is 12.6 Å². The Hall–Kier alpha value is -2.67. The van der Waals surface area contributed by atoms with Gasteiger partial charge in [0.1, 0.15) is 5.82 Å². The summed E-state index contributed by atoms with van der Waals surface area (Å²) < 4.78 is 1.71. The van der Waals surface area contributed by atoms with Crippen molar-refractivity contribution < 1.29 is 14.7 Å². The first-order valence-electron chi connectivity index (χ1n) is 8.31. The Morgan fingerprint density at radius 2 is 2.00 bits per heavy atom. The van der Waals surface area contributed by atoms with Crippen molar-refractivity contribution in [3.63, 3.8) is 0 Å². The summed E-state index contributed by atoms with van der Waals surface area (Å²) in [5.41, 5.74) is 2.84. The molecule has 3 rings (SSSR count). The molecular formula is C18H22N4O3. The van der Waals surface area contributed by atoms with Crippen LogP contribution in [0.1, 0.15) is 17.7 Å². The fourth-order valence-electron chi connectivity index (χ4n) is 3.03. The van der Waals surface area contributed by atoms with Gasteiger partial charge in [-0.1, -0.05) is 17.7 Å². The number of benzene rings is 1. The highest BCUT2D eigenvalue weighted by molar-refractivity contribution is 5.91. The monoisotopic (exact) mass is 342 g/mol. The third-order valence-corrected chi connectivity index (χ3v) is 4.37. The Labute approximate surface area is 146 Å². The second kappa shape index (κ2) is 7.06. The van der Waals surface area contributed by atoms with E-state index in [-0.39, 0.29) is 18.4 Å². The maximum Gasteiger partial charge on any atom is 0.307 e. The van der Waals surface area contributed by atoms with Crippen molar-refractivity contribution in [1.29, 1.82) is 0 Å². The first kappa shape index (κ1) is 17.2. The molecule has 0 aliphatic carbocycles. The maximum atomic E-state index is 12.4. The molecule has 2 N–H and O–H groups in total. The molecule has 0 radical (unpaired) electrons. The van der Waals surface area contributed by atoms with Crippen LogP contribution in [0.15, 0.2) is 30.3 Å². The van der Waals surface area contributed by atoms with Gasteiger partial charge in [0.2, 0.25) is 5.91 Å². The molecule has 2 heterocycles. The van der Waals surface area contributed by atoms with Crippen LogP contribution in [-0.4, -0.2) is 51.3 Å². The standard InChI is InChI=1S/C18H22N4O3/c1-12-3-5-15(6-4-12)22-16(9-13(2)20-22)19-17(23)11-21-8-7-14(10-21)18(24)25/h3-6,9,14H,7-8,10-11H2,1-2H3,(H,19,23)(H,24,25). The van der Waals surface area contributed by atoms with E-state index in [1.807, 2.05) is 49.1 Å². The lowest BCUT2D eigenvalue weighted by Gasteiger charge is -2.15. The summed E-state index contributed by atoms with van der Waals surface area (Å²) >= 11 is 0. The molecule has 0 bridgehead atoms. The molecule has 1 aliphatic heterocycles. The molecule has 132 valence electrons. The fourth-order valence-corrected chi connectivity index (χ4v) is 3.03. The number of hydrogen-bond donors (Lipinski definition) is 2. The number of aromatic nitrogens is 2. The fraction of sp³-hybridized carbons (Fsp3) is 0.389. The third-order valence-electron chi connectivity index (χ3n) is 4.37. The summed E-state index contributed by atoms with van der Waals surface area (Å²) in [6.07, 6.45) is 0.586. The summed E-state index contributed by atoms with van der Waals surface area (Å²) in [6, 6.07) is 9.72. The van der Waals surface area contributed by atoms with Gasteiger partial charge in [0.25, 0.3) is 0 Å². The van der Waals surface area contributed by atoms with Crippen molar-refractivity contribution in [3.8, 4) is 5.69 Å². The number of carboxylic acid groups (broad SMARTS) is 1. The lowest BCUT2D eigenvalue weighted by molar-refractivity contribution is -0.141. The van der Waals surface area contributed by atoms with Crippen LogP contribution in [0.25, 0.3) is 5.69 Å². The number of nitrogens with zero attached hydrogens (tertiary/aromatic N) is 3. The quantitative estimate of drug-likeness (QED) is 0.866. The Kier molecular flexibility index (Phi) is 4.85. The number of hydrogen-bond acceptors (Lipinski definition) is 4. The second-order valence-corrected chi connectivity index (χ2v) is 6.53. The molecule has 7 nitrogen and oxygen atoms in total. The number of amides is 1. The lowest BCUT2D eigenvalue weighted by Crippen LogP contribution is -2.32. The van der Waals surface area contributed by atoms with E-state index < -0.39 is 5.97 Å². The zero-order valence-electron chi connectivity index (χ0n) is 14.4. The molecule has 7 heteroatoms. The Morgan fingerprint density at radius 3 is 2.64 bits per heavy atom. The molecule has 1 fully saturated rings. The van der Waals surface area contributed by atoms with Crippen molar-refractivity contribution >= 4 is 17.7 Å². The first-order chi connectivity index (χ1) is 11.9. The van der Waals surface area contributed by atoms with E-state index in [1.54, 1.807) is 4.68 Å². The number of rotatable bonds is 5. The number of anilines is 1. The van der Waals surface area contributed by atoms with Gasteiger partial charge < -0.3 is 10.4 Å². The Bertz CT molecular complexity index is 782. The molecule has 0 spiro atoms. The first-order valence-corrected chi connectivity index (χ1v) is 8.31. The molecule has 1 amide bonds. The van der Waals surface area contributed by atoms with Gasteiger partial charge >= 0.3 is 5.97 Å². The van der Waals surface area contributed by atoms with E-state index in [0.29, 0.717) is 25.3 Å². The molecule has 1 aliphatic rings. The highest BCUT2D eigenvalue weighted by Crippen LogP contribution is 2.19. The van der Waals surface area contributed by atoms with E-state index in [1.165, 1.54) is 0 Å². The SMILES string of the molecule is Cc1ccc(-n2nc(C)cc2NC(=O)CN2CCC(C(=O)O)C2)cc1. The Morgan fingerprint density at radius 1 is 1.28 bits per heavy atom. The van der Waals surface area contributed by atoms with E-state index in [2.05, 4.69) is 10.4 Å². The smallest absolute Gasteiger partial charge is 0.307 e. The average molecular weight is 342 g/mol. The molecule has 0 saturated carbocycles. The number of aliphatic carboxylic acids is 1. The van der Waals surface area contributed by atoms with Crippen LogP contribution < -0.4 is 5.32 Å². The van der Waals surface area contributed by atoms with Gasteiger partial charge in [-0.3, -0.25) is 14.5 Å². The highest BCUT2D eigenvalue weighted by Gasteiger charge is 2.29. The minimum absolute atomic E-state index is 0.167. The van der Waals surface area contributed by atoms with E-state index in [0.717, 1.165) is 16.9 Å². The molecule has 1 atom stereocenters. The largest absolute Gasteiger partial charge is 0.481 e. The lowest BCUT2D eigenvalue weighted by atomic mass is 10.1. The summed E-state index contributed by atoms with van der Waals surface area (Å²) in [5, 5.41) is 16.4. The van der Waals surface area contributed by atoms with Crippen LogP contribution in [-0.2, 0) is 9.59 Å². The van der Waals surface area contributed by atoms with Crippen LogP contribution >= 0.6 is 0 Å². The van der Waals surface area contributed by atoms with Crippen LogP contribution in [0.4, 0.5) is 5.82 Å². The zero-order chi connectivity index (χ0) is 18.0. The van der Waals surface area contributed by atoms with Crippen molar-refractivity contribution in [1.82, 2.24) is 14.7 Å². The predicted octanol–water partition coefficient (Wildman–Crippen LogP) is 1.83. The Balaban J connectivity index is 1.68. The van der Waals surface area contributed by atoms with Crippen molar-refractivity contribution in [2.45, 2.75) is 20.3 Å². The van der Waals surface area contributed by atoms with Crippen molar-refractivity contribution in [3.05, 3.63) is 41.6 Å². The predicted molar refractivity (Wildman–Crippen MR) is 93.9 cm³/mol. The average Bonchev–Trinajstić information content (AvgIpc) is 3.15. The number of aryl methyl sites for hydroxylation is 2. The number of likely N-dealkylation sites (tertiary alicyclic amines) is 1. The molecule has 2 aromatic rings. The summed E-state index contributed by atoms with van der Waals surface area (Å²) in [6.45, 7) is 5.11. The molecule has 1 unspecified atom stereocenters. The molecule has 1 aromatic carbocycles. The van der Waals surface area contributed by atoms with Gasteiger partial charge in [-0.2, -0.15) is 5.10 Å². The number of carbonyl (C=O) groups is 2. The minimum atomic E-state index is -0.795. The number of carbonyl (C=O) groups excluding carboxylic acids is 1. The van der Waals surface area contributed by atoms with E-state index >= 15 is 0 Å². The molecular weight excluding hydrogens is 320 g/mol. The van der Waals surface area contributed by atoms with Crippen molar-refractivity contribution in [2.24, 2.45) is 5.92 Å². The van der Waals surface area contributed by atoms with Gasteiger partial charge in [-0.25, -0.2) is 4.68 Å². The number of carboxylic acids is 1. The highest BCUT2D eigenvalue weighted by atomic mass is 16.4. The van der Waals surface area contributed by atoms with Gasteiger partial charge in [0.05, 0.1) is 23.8 Å². The summed E-state index contributed by atoms with van der Waals surface area (Å²) in [7, 11) is 0. The molecule has 1 aromatic heterocycles. The van der Waals surface area contributed by atoms with Crippen LogP contribution in [0, 0.1) is 19.8 Å². The van der Waals surface area contributed by atoms with Crippen LogP contribution in [0.3, 0.4) is 0 Å². The van der Waals surface area contributed by atoms with Crippen molar-refractivity contribution in [2.75, 3.05) is 25.0 Å². The second-order valence-electron chi connectivity index (χ2n) is 6.53. The third kappa shape index (κ3) is 4.06. The van der Waals surface area contributed by atoms with Gasteiger partial charge in [-0.05, 0) is 38.9 Å². The van der Waals surface area contributed by atoms with E-state index in [9.17, 15) is 9.59 Å². The van der Waals surface area contributed by atoms with Gasteiger partial charge in [0.15, 0.2) is 0 Å². The summed E-state index contributed by atoms with van der Waals surface area (Å²) in [4.78, 5) is 25.2. The normalized spacial score (nSPS) is 17.6. The van der Waals surface area contributed by atoms with Gasteiger partial charge in [-0.15, -0.1) is 0 Å². The molecule has 25 heavy (non-hydrogen) atoms. The zero-order valence-corrected chi connectivity index (χ0v) is 14.4. The van der Waals surface area contributed by atoms with Crippen LogP contribution in [0.2, 0.25) is 0 Å². The molecule has 1 saturated heterocycles. The van der Waals surface area contributed by atoms with E-state index in [4.69, 9.17) is 5.11 Å². The number of nitrogens with one attached hydrogen (secondary N) is 1. The maximum absolute atomic E-state index is 12.4. The van der Waals surface area contributed by atoms with Crippen LogP contribution in [0.5, 0.6) is 0 Å².